The van der Waals surface area contributed by atoms with Crippen molar-refractivity contribution in [3.63, 3.8) is 0 Å². The van der Waals surface area contributed by atoms with Gasteiger partial charge >= 0.3 is 0 Å². The van der Waals surface area contributed by atoms with Gasteiger partial charge in [-0.1, -0.05) is 23.7 Å². The molecule has 8 nitrogen and oxygen atoms in total. The highest BCUT2D eigenvalue weighted by Crippen LogP contribution is 2.26. The van der Waals surface area contributed by atoms with Crippen molar-refractivity contribution in [1.82, 2.24) is 14.8 Å². The van der Waals surface area contributed by atoms with Gasteiger partial charge in [0.25, 0.3) is 5.91 Å². The fourth-order valence-corrected chi connectivity index (χ4v) is 2.95. The zero-order chi connectivity index (χ0) is 20.4. The van der Waals surface area contributed by atoms with E-state index in [1.54, 1.807) is 47.3 Å². The summed E-state index contributed by atoms with van der Waals surface area (Å²) < 4.78 is 12.4. The molecular formula is C20H15ClN4O4. The van der Waals surface area contributed by atoms with E-state index in [0.29, 0.717) is 40.1 Å². The molecule has 3 aromatic heterocycles. The second-order valence-corrected chi connectivity index (χ2v) is 6.68. The molecule has 0 spiro atoms. The van der Waals surface area contributed by atoms with E-state index in [1.807, 2.05) is 0 Å². The van der Waals surface area contributed by atoms with Crippen molar-refractivity contribution in [2.24, 2.45) is 0 Å². The van der Waals surface area contributed by atoms with E-state index in [0.717, 1.165) is 0 Å². The van der Waals surface area contributed by atoms with Crippen LogP contribution in [-0.4, -0.2) is 26.5 Å². The van der Waals surface area contributed by atoms with Crippen LogP contribution in [0.3, 0.4) is 0 Å². The fourth-order valence-electron chi connectivity index (χ4n) is 2.76. The molecule has 4 rings (SSSR count). The Morgan fingerprint density at radius 2 is 2.10 bits per heavy atom. The molecule has 3 heterocycles. The van der Waals surface area contributed by atoms with Crippen molar-refractivity contribution >= 4 is 29.0 Å². The lowest BCUT2D eigenvalue weighted by Gasteiger charge is -2.03. The summed E-state index contributed by atoms with van der Waals surface area (Å²) in [5.74, 6) is 0.610. The number of ketones is 1. The Bertz CT molecular complexity index is 1190. The minimum Gasteiger partial charge on any atom is -0.456 e. The molecule has 0 fully saturated rings. The van der Waals surface area contributed by atoms with Gasteiger partial charge in [-0.25, -0.2) is 4.98 Å². The van der Waals surface area contributed by atoms with E-state index < -0.39 is 5.91 Å². The first-order chi connectivity index (χ1) is 14.0. The zero-order valence-electron chi connectivity index (χ0n) is 15.3. The number of hydrogen-bond donors (Lipinski definition) is 1. The second-order valence-electron chi connectivity index (χ2n) is 6.24. The quantitative estimate of drug-likeness (QED) is 0.475. The van der Waals surface area contributed by atoms with E-state index in [1.165, 1.54) is 19.5 Å². The predicted molar refractivity (Wildman–Crippen MR) is 105 cm³/mol. The highest BCUT2D eigenvalue weighted by Gasteiger charge is 2.19. The van der Waals surface area contributed by atoms with Crippen molar-refractivity contribution in [3.05, 3.63) is 77.4 Å². The van der Waals surface area contributed by atoms with Crippen LogP contribution in [0.25, 0.3) is 11.3 Å². The van der Waals surface area contributed by atoms with E-state index >= 15 is 0 Å². The van der Waals surface area contributed by atoms with Crippen LogP contribution in [0.15, 0.2) is 64.0 Å². The van der Waals surface area contributed by atoms with Crippen LogP contribution in [0.1, 0.15) is 33.7 Å². The Kier molecular flexibility index (Phi) is 5.01. The van der Waals surface area contributed by atoms with Gasteiger partial charge in [0.2, 0.25) is 0 Å². The largest absolute Gasteiger partial charge is 0.456 e. The predicted octanol–water partition coefficient (Wildman–Crippen LogP) is 4.29. The topological polar surface area (TPSA) is 103 Å². The number of Topliss-reactive ketones (excluding diaryl/α,β-unsaturated/α-hetero) is 1. The Balaban J connectivity index is 1.47. The molecule has 0 aliphatic rings. The summed E-state index contributed by atoms with van der Waals surface area (Å²) in [6.07, 6.45) is 4.36. The number of carbonyl (C=O) groups is 2. The summed E-state index contributed by atoms with van der Waals surface area (Å²) in [5, 5.41) is 7.45. The Labute approximate surface area is 170 Å². The van der Waals surface area contributed by atoms with E-state index in [-0.39, 0.29) is 11.5 Å². The number of benzene rings is 1. The maximum Gasteiger partial charge on any atom is 0.278 e. The Morgan fingerprint density at radius 1 is 1.24 bits per heavy atom. The van der Waals surface area contributed by atoms with Crippen molar-refractivity contribution in [2.75, 3.05) is 5.32 Å². The third-order valence-electron chi connectivity index (χ3n) is 4.09. The average molecular weight is 411 g/mol. The molecule has 1 amide bonds. The molecule has 1 N–H and O–H groups in total. The summed E-state index contributed by atoms with van der Waals surface area (Å²) in [6, 6.07) is 10.3. The number of nitrogens with one attached hydrogen (secondary N) is 1. The number of oxazole rings is 1. The van der Waals surface area contributed by atoms with Crippen LogP contribution in [0.4, 0.5) is 5.69 Å². The molecule has 9 heteroatoms. The summed E-state index contributed by atoms with van der Waals surface area (Å²) >= 11 is 6.01. The van der Waals surface area contributed by atoms with Gasteiger partial charge in [-0.3, -0.25) is 14.3 Å². The van der Waals surface area contributed by atoms with Gasteiger partial charge in [-0.05, 0) is 24.3 Å². The van der Waals surface area contributed by atoms with Crippen LogP contribution in [-0.2, 0) is 6.54 Å². The van der Waals surface area contributed by atoms with Crippen LogP contribution >= 0.6 is 11.6 Å². The van der Waals surface area contributed by atoms with Crippen LogP contribution in [0.5, 0.6) is 0 Å². The SMILES string of the molecule is CC(=O)c1ccc(Cn2cc(NC(=O)c3ncoc3-c3cccc(Cl)c3)cn2)o1. The number of furan rings is 1. The maximum atomic E-state index is 12.6. The van der Waals surface area contributed by atoms with Gasteiger partial charge in [-0.15, -0.1) is 0 Å². The fraction of sp³-hybridized carbons (Fsp3) is 0.100. The summed E-state index contributed by atoms with van der Waals surface area (Å²) in [6.45, 7) is 1.76. The van der Waals surface area contributed by atoms with Crippen LogP contribution < -0.4 is 5.32 Å². The second kappa shape index (κ2) is 7.76. The standard InChI is InChI=1S/C20H15ClN4O4/c1-12(26)17-6-5-16(29-17)10-25-9-15(8-23-25)24-20(27)18-19(28-11-22-18)13-3-2-4-14(21)7-13/h2-9,11H,10H2,1H3,(H,24,27). The number of anilines is 1. The molecule has 0 atom stereocenters. The minimum atomic E-state index is -0.440. The first-order valence-corrected chi connectivity index (χ1v) is 9.00. The van der Waals surface area contributed by atoms with Gasteiger partial charge in [0.15, 0.2) is 29.4 Å². The number of carbonyl (C=O) groups excluding carboxylic acids is 2. The lowest BCUT2D eigenvalue weighted by molar-refractivity contribution is 0.0983. The number of rotatable bonds is 6. The molecule has 0 saturated heterocycles. The van der Waals surface area contributed by atoms with Crippen molar-refractivity contribution < 1.29 is 18.4 Å². The molecule has 0 aliphatic heterocycles. The highest BCUT2D eigenvalue weighted by atomic mass is 35.5. The number of halogens is 1. The molecule has 0 unspecified atom stereocenters. The zero-order valence-corrected chi connectivity index (χ0v) is 16.0. The smallest absolute Gasteiger partial charge is 0.278 e. The third-order valence-corrected chi connectivity index (χ3v) is 4.32. The Morgan fingerprint density at radius 3 is 2.86 bits per heavy atom. The first-order valence-electron chi connectivity index (χ1n) is 8.62. The monoisotopic (exact) mass is 410 g/mol. The molecular weight excluding hydrogens is 396 g/mol. The molecule has 29 heavy (non-hydrogen) atoms. The summed E-state index contributed by atoms with van der Waals surface area (Å²) in [4.78, 5) is 28.0. The van der Waals surface area contributed by atoms with E-state index in [2.05, 4.69) is 15.4 Å². The van der Waals surface area contributed by atoms with Gasteiger partial charge in [-0.2, -0.15) is 5.10 Å². The lowest BCUT2D eigenvalue weighted by Crippen LogP contribution is -2.13. The molecule has 4 aromatic rings. The lowest BCUT2D eigenvalue weighted by atomic mass is 10.1. The van der Waals surface area contributed by atoms with Crippen LogP contribution in [0, 0.1) is 0 Å². The van der Waals surface area contributed by atoms with Gasteiger partial charge < -0.3 is 14.2 Å². The van der Waals surface area contributed by atoms with Gasteiger partial charge in [0, 0.05) is 23.7 Å². The van der Waals surface area contributed by atoms with Gasteiger partial charge in [0.1, 0.15) is 5.76 Å². The number of amides is 1. The number of nitrogens with zero attached hydrogens (tertiary/aromatic N) is 3. The Hall–Kier alpha value is -3.65. The number of aromatic nitrogens is 3. The van der Waals surface area contributed by atoms with Crippen molar-refractivity contribution in [1.29, 1.82) is 0 Å². The average Bonchev–Trinajstić information content (AvgIpc) is 3.42. The molecule has 146 valence electrons. The third kappa shape index (κ3) is 4.12. The van der Waals surface area contributed by atoms with Gasteiger partial charge in [0.05, 0.1) is 18.4 Å². The number of hydrogen-bond acceptors (Lipinski definition) is 6. The molecule has 1 aromatic carbocycles. The maximum absolute atomic E-state index is 12.6. The van der Waals surface area contributed by atoms with Crippen molar-refractivity contribution in [3.8, 4) is 11.3 Å². The molecule has 0 saturated carbocycles. The first kappa shape index (κ1) is 18.7. The molecule has 0 bridgehead atoms. The van der Waals surface area contributed by atoms with E-state index in [9.17, 15) is 9.59 Å². The van der Waals surface area contributed by atoms with E-state index in [4.69, 9.17) is 20.4 Å². The van der Waals surface area contributed by atoms with Crippen LogP contribution in [0.2, 0.25) is 5.02 Å². The minimum absolute atomic E-state index is 0.136. The summed E-state index contributed by atoms with van der Waals surface area (Å²) in [7, 11) is 0. The molecule has 0 aliphatic carbocycles. The highest BCUT2D eigenvalue weighted by molar-refractivity contribution is 6.30. The normalized spacial score (nSPS) is 10.8. The van der Waals surface area contributed by atoms with Crippen molar-refractivity contribution in [2.45, 2.75) is 13.5 Å². The molecule has 0 radical (unpaired) electrons. The summed E-state index contributed by atoms with van der Waals surface area (Å²) in [5.41, 5.74) is 1.26.